The topological polar surface area (TPSA) is 86.1 Å². The second kappa shape index (κ2) is 8.38. The van der Waals surface area contributed by atoms with E-state index in [1.807, 2.05) is 48.1 Å². The Bertz CT molecular complexity index is 1200. The van der Waals surface area contributed by atoms with Crippen LogP contribution in [0.4, 0.5) is 5.69 Å². The van der Waals surface area contributed by atoms with Crippen molar-refractivity contribution in [3.8, 4) is 17.4 Å². The Kier molecular flexibility index (Phi) is 5.49. The van der Waals surface area contributed by atoms with Gasteiger partial charge in [0.15, 0.2) is 5.82 Å². The molecule has 0 aliphatic rings. The van der Waals surface area contributed by atoms with Crippen LogP contribution < -0.4 is 9.46 Å². The van der Waals surface area contributed by atoms with Crippen LogP contribution in [0.2, 0.25) is 0 Å². The molecule has 2 aromatic carbocycles. The summed E-state index contributed by atoms with van der Waals surface area (Å²) in [7, 11) is -3.65. The standard InChI is InChI=1S/C22H20N4O3S/c1-2-17-5-11-20(12-6-17)30(27,28)25-18-7-9-19(10-8-18)29-22-14-13-21(23-24-22)26-15-3-4-16-26/h3-16,25H,2H2,1H3. The lowest BCUT2D eigenvalue weighted by atomic mass is 10.2. The fourth-order valence-corrected chi connectivity index (χ4v) is 3.88. The monoisotopic (exact) mass is 420 g/mol. The Morgan fingerprint density at radius 1 is 0.900 bits per heavy atom. The summed E-state index contributed by atoms with van der Waals surface area (Å²) in [6, 6.07) is 20.8. The van der Waals surface area contributed by atoms with E-state index >= 15 is 0 Å². The number of benzene rings is 2. The normalized spacial score (nSPS) is 11.2. The van der Waals surface area contributed by atoms with E-state index in [2.05, 4.69) is 14.9 Å². The fourth-order valence-electron chi connectivity index (χ4n) is 2.82. The summed E-state index contributed by atoms with van der Waals surface area (Å²) in [5, 5.41) is 8.19. The third-order valence-electron chi connectivity index (χ3n) is 4.47. The zero-order chi connectivity index (χ0) is 21.0. The van der Waals surface area contributed by atoms with Crippen molar-refractivity contribution >= 4 is 15.7 Å². The molecule has 0 saturated carbocycles. The van der Waals surface area contributed by atoms with Crippen molar-refractivity contribution in [3.05, 3.63) is 90.8 Å². The van der Waals surface area contributed by atoms with Crippen molar-refractivity contribution in [2.75, 3.05) is 4.72 Å². The molecule has 0 saturated heterocycles. The first-order chi connectivity index (χ1) is 14.5. The van der Waals surface area contributed by atoms with Gasteiger partial charge in [0.25, 0.3) is 10.0 Å². The lowest BCUT2D eigenvalue weighted by molar-refractivity contribution is 0.454. The molecule has 30 heavy (non-hydrogen) atoms. The van der Waals surface area contributed by atoms with Crippen LogP contribution in [0.3, 0.4) is 0 Å². The molecule has 4 rings (SSSR count). The molecule has 1 N–H and O–H groups in total. The van der Waals surface area contributed by atoms with Crippen LogP contribution in [-0.2, 0) is 16.4 Å². The average Bonchev–Trinajstić information content (AvgIpc) is 3.30. The maximum Gasteiger partial charge on any atom is 0.261 e. The molecule has 0 radical (unpaired) electrons. The summed E-state index contributed by atoms with van der Waals surface area (Å²) < 4.78 is 35.2. The summed E-state index contributed by atoms with van der Waals surface area (Å²) in [6.07, 6.45) is 4.61. The van der Waals surface area contributed by atoms with Crippen LogP contribution in [0.1, 0.15) is 12.5 Å². The van der Waals surface area contributed by atoms with Crippen molar-refractivity contribution in [2.45, 2.75) is 18.2 Å². The van der Waals surface area contributed by atoms with Gasteiger partial charge >= 0.3 is 0 Å². The smallest absolute Gasteiger partial charge is 0.261 e. The number of hydrogen-bond donors (Lipinski definition) is 1. The number of sulfonamides is 1. The molecule has 0 atom stereocenters. The SMILES string of the molecule is CCc1ccc(S(=O)(=O)Nc2ccc(Oc3ccc(-n4cccc4)nn3)cc2)cc1. The predicted octanol–water partition coefficient (Wildman–Crippen LogP) is 4.42. The van der Waals surface area contributed by atoms with Crippen molar-refractivity contribution in [1.29, 1.82) is 0 Å². The molecule has 0 amide bonds. The van der Waals surface area contributed by atoms with Crippen LogP contribution in [0.25, 0.3) is 5.82 Å². The highest BCUT2D eigenvalue weighted by Crippen LogP contribution is 2.23. The molecule has 0 bridgehead atoms. The second-order valence-corrected chi connectivity index (χ2v) is 8.23. The third kappa shape index (κ3) is 4.49. The van der Waals surface area contributed by atoms with E-state index in [1.54, 1.807) is 48.5 Å². The molecular weight excluding hydrogens is 400 g/mol. The molecule has 0 aliphatic carbocycles. The maximum absolute atomic E-state index is 12.5. The van der Waals surface area contributed by atoms with Gasteiger partial charge in [-0.3, -0.25) is 4.72 Å². The molecule has 4 aromatic rings. The summed E-state index contributed by atoms with van der Waals surface area (Å²) >= 11 is 0. The molecule has 0 unspecified atom stereocenters. The molecule has 2 heterocycles. The molecule has 0 aliphatic heterocycles. The number of rotatable bonds is 7. The number of nitrogens with one attached hydrogen (secondary N) is 1. The fraction of sp³-hybridized carbons (Fsp3) is 0.0909. The molecule has 8 heteroatoms. The first-order valence-corrected chi connectivity index (χ1v) is 10.9. The number of aryl methyl sites for hydroxylation is 1. The lowest BCUT2D eigenvalue weighted by Gasteiger charge is -2.10. The number of nitrogens with zero attached hydrogens (tertiary/aromatic N) is 3. The highest BCUT2D eigenvalue weighted by atomic mass is 32.2. The minimum Gasteiger partial charge on any atom is -0.438 e. The van der Waals surface area contributed by atoms with Gasteiger partial charge in [-0.25, -0.2) is 8.42 Å². The number of anilines is 1. The van der Waals surface area contributed by atoms with Crippen molar-refractivity contribution in [1.82, 2.24) is 14.8 Å². The van der Waals surface area contributed by atoms with Gasteiger partial charge in [0, 0.05) is 24.1 Å². The van der Waals surface area contributed by atoms with Gasteiger partial charge in [0.05, 0.1) is 4.90 Å². The molecule has 0 spiro atoms. The largest absolute Gasteiger partial charge is 0.438 e. The number of aromatic nitrogens is 3. The van der Waals surface area contributed by atoms with E-state index in [0.717, 1.165) is 12.0 Å². The molecule has 0 fully saturated rings. The van der Waals surface area contributed by atoms with Crippen molar-refractivity contribution < 1.29 is 13.2 Å². The summed E-state index contributed by atoms with van der Waals surface area (Å²) in [5.74, 6) is 1.55. The van der Waals surface area contributed by atoms with E-state index in [4.69, 9.17) is 4.74 Å². The van der Waals surface area contributed by atoms with Gasteiger partial charge in [-0.2, -0.15) is 0 Å². The second-order valence-electron chi connectivity index (χ2n) is 6.55. The Hall–Kier alpha value is -3.65. The van der Waals surface area contributed by atoms with E-state index < -0.39 is 10.0 Å². The van der Waals surface area contributed by atoms with Gasteiger partial charge in [0.2, 0.25) is 5.88 Å². The van der Waals surface area contributed by atoms with Crippen LogP contribution in [0.5, 0.6) is 11.6 Å². The van der Waals surface area contributed by atoms with Gasteiger partial charge in [0.1, 0.15) is 5.75 Å². The minimum atomic E-state index is -3.65. The lowest BCUT2D eigenvalue weighted by Crippen LogP contribution is -2.12. The van der Waals surface area contributed by atoms with E-state index in [1.165, 1.54) is 0 Å². The molecule has 2 aromatic heterocycles. The first kappa shape index (κ1) is 19.7. The third-order valence-corrected chi connectivity index (χ3v) is 5.86. The quantitative estimate of drug-likeness (QED) is 0.478. The maximum atomic E-state index is 12.5. The Morgan fingerprint density at radius 3 is 2.20 bits per heavy atom. The molecular formula is C22H20N4O3S. The predicted molar refractivity (Wildman–Crippen MR) is 115 cm³/mol. The van der Waals surface area contributed by atoms with Gasteiger partial charge < -0.3 is 9.30 Å². The Balaban J connectivity index is 1.42. The molecule has 7 nitrogen and oxygen atoms in total. The summed E-state index contributed by atoms with van der Waals surface area (Å²) in [6.45, 7) is 2.02. The summed E-state index contributed by atoms with van der Waals surface area (Å²) in [4.78, 5) is 0.220. The highest BCUT2D eigenvalue weighted by molar-refractivity contribution is 7.92. The average molecular weight is 420 g/mol. The number of hydrogen-bond acceptors (Lipinski definition) is 5. The van der Waals surface area contributed by atoms with E-state index in [9.17, 15) is 8.42 Å². The van der Waals surface area contributed by atoms with Crippen LogP contribution in [0.15, 0.2) is 90.1 Å². The van der Waals surface area contributed by atoms with E-state index in [0.29, 0.717) is 23.1 Å². The zero-order valence-electron chi connectivity index (χ0n) is 16.3. The highest BCUT2D eigenvalue weighted by Gasteiger charge is 2.14. The molecule has 152 valence electrons. The zero-order valence-corrected chi connectivity index (χ0v) is 17.1. The first-order valence-electron chi connectivity index (χ1n) is 9.40. The Labute approximate surface area is 175 Å². The van der Waals surface area contributed by atoms with Gasteiger partial charge in [-0.1, -0.05) is 19.1 Å². The van der Waals surface area contributed by atoms with Crippen LogP contribution >= 0.6 is 0 Å². The van der Waals surface area contributed by atoms with Crippen LogP contribution in [-0.4, -0.2) is 23.2 Å². The van der Waals surface area contributed by atoms with Gasteiger partial charge in [-0.15, -0.1) is 10.2 Å². The summed E-state index contributed by atoms with van der Waals surface area (Å²) in [5.41, 5.74) is 1.52. The number of ether oxygens (including phenoxy) is 1. The Morgan fingerprint density at radius 2 is 1.60 bits per heavy atom. The minimum absolute atomic E-state index is 0.220. The van der Waals surface area contributed by atoms with Crippen molar-refractivity contribution in [2.24, 2.45) is 0 Å². The van der Waals surface area contributed by atoms with Crippen molar-refractivity contribution in [3.63, 3.8) is 0 Å². The van der Waals surface area contributed by atoms with Crippen LogP contribution in [0, 0.1) is 0 Å². The van der Waals surface area contributed by atoms with E-state index in [-0.39, 0.29) is 4.90 Å². The van der Waals surface area contributed by atoms with Gasteiger partial charge in [-0.05, 0) is 66.6 Å².